The molecular weight excluding hydrogens is 174 g/mol. The second-order valence-corrected chi connectivity index (χ2v) is 5.59. The molecule has 0 spiro atoms. The minimum atomic E-state index is -0.236. The number of rotatable bonds is 0. The van der Waals surface area contributed by atoms with Gasteiger partial charge >= 0.3 is 0 Å². The standard InChI is InChI=1S/C12H23NO/c1-9-7-6-8-10(2)13(9)11(14)12(3,4)5/h9-10H,6-8H2,1-5H3. The minimum absolute atomic E-state index is 0.236. The fraction of sp³-hybridized carbons (Fsp3) is 0.917. The lowest BCUT2D eigenvalue weighted by Gasteiger charge is -2.42. The van der Waals surface area contributed by atoms with Crippen molar-refractivity contribution < 1.29 is 4.79 Å². The van der Waals surface area contributed by atoms with Crippen molar-refractivity contribution in [3.63, 3.8) is 0 Å². The van der Waals surface area contributed by atoms with E-state index in [1.807, 2.05) is 20.8 Å². The Morgan fingerprint density at radius 1 is 1.14 bits per heavy atom. The van der Waals surface area contributed by atoms with Gasteiger partial charge in [-0.2, -0.15) is 0 Å². The fourth-order valence-electron chi connectivity index (χ4n) is 2.21. The van der Waals surface area contributed by atoms with E-state index in [4.69, 9.17) is 0 Å². The van der Waals surface area contributed by atoms with Crippen LogP contribution in [0.15, 0.2) is 0 Å². The second-order valence-electron chi connectivity index (χ2n) is 5.59. The van der Waals surface area contributed by atoms with Crippen LogP contribution in [-0.4, -0.2) is 22.9 Å². The first-order chi connectivity index (χ1) is 6.34. The average molecular weight is 197 g/mol. The number of carbonyl (C=O) groups excluding carboxylic acids is 1. The zero-order valence-electron chi connectivity index (χ0n) is 10.1. The molecule has 1 heterocycles. The van der Waals surface area contributed by atoms with E-state index in [0.717, 1.165) is 12.8 Å². The van der Waals surface area contributed by atoms with Gasteiger partial charge in [0.1, 0.15) is 0 Å². The molecule has 0 aromatic carbocycles. The molecule has 0 radical (unpaired) electrons. The van der Waals surface area contributed by atoms with Crippen LogP contribution in [0.2, 0.25) is 0 Å². The van der Waals surface area contributed by atoms with E-state index in [2.05, 4.69) is 18.7 Å². The number of carbonyl (C=O) groups is 1. The van der Waals surface area contributed by atoms with Gasteiger partial charge in [-0.3, -0.25) is 4.79 Å². The summed E-state index contributed by atoms with van der Waals surface area (Å²) in [7, 11) is 0. The lowest BCUT2D eigenvalue weighted by atomic mass is 9.89. The Morgan fingerprint density at radius 2 is 1.57 bits per heavy atom. The molecule has 1 saturated heterocycles. The molecule has 0 aromatic rings. The Hall–Kier alpha value is -0.530. The maximum Gasteiger partial charge on any atom is 0.228 e. The Labute approximate surface area is 87.7 Å². The predicted octanol–water partition coefficient (Wildman–Crippen LogP) is 2.82. The van der Waals surface area contributed by atoms with Gasteiger partial charge in [-0.05, 0) is 33.1 Å². The second kappa shape index (κ2) is 3.92. The molecule has 0 aliphatic carbocycles. The van der Waals surface area contributed by atoms with Crippen LogP contribution >= 0.6 is 0 Å². The first kappa shape index (κ1) is 11.5. The van der Waals surface area contributed by atoms with E-state index < -0.39 is 0 Å². The monoisotopic (exact) mass is 197 g/mol. The molecule has 2 unspecified atom stereocenters. The van der Waals surface area contributed by atoms with Crippen LogP contribution in [0.4, 0.5) is 0 Å². The van der Waals surface area contributed by atoms with Crippen molar-refractivity contribution in [3.05, 3.63) is 0 Å². The summed E-state index contributed by atoms with van der Waals surface area (Å²) >= 11 is 0. The molecule has 0 saturated carbocycles. The van der Waals surface area contributed by atoms with Crippen LogP contribution in [-0.2, 0) is 4.79 Å². The van der Waals surface area contributed by atoms with Crippen molar-refractivity contribution >= 4 is 5.91 Å². The van der Waals surface area contributed by atoms with Crippen molar-refractivity contribution in [1.82, 2.24) is 4.90 Å². The maximum atomic E-state index is 12.2. The zero-order chi connectivity index (χ0) is 10.9. The van der Waals surface area contributed by atoms with Gasteiger partial charge in [-0.1, -0.05) is 20.8 Å². The van der Waals surface area contributed by atoms with E-state index in [-0.39, 0.29) is 5.41 Å². The number of piperidine rings is 1. The van der Waals surface area contributed by atoms with Gasteiger partial charge in [-0.25, -0.2) is 0 Å². The SMILES string of the molecule is CC1CCCC(C)N1C(=O)C(C)(C)C. The highest BCUT2D eigenvalue weighted by molar-refractivity contribution is 5.82. The fourth-order valence-corrected chi connectivity index (χ4v) is 2.21. The lowest BCUT2D eigenvalue weighted by molar-refractivity contribution is -0.145. The third-order valence-corrected chi connectivity index (χ3v) is 3.07. The van der Waals surface area contributed by atoms with Crippen LogP contribution in [0.25, 0.3) is 0 Å². The summed E-state index contributed by atoms with van der Waals surface area (Å²) in [5.74, 6) is 0.303. The highest BCUT2D eigenvalue weighted by Crippen LogP contribution is 2.28. The third-order valence-electron chi connectivity index (χ3n) is 3.07. The Balaban J connectivity index is 2.78. The van der Waals surface area contributed by atoms with Gasteiger partial charge in [0, 0.05) is 17.5 Å². The van der Waals surface area contributed by atoms with Gasteiger partial charge in [0.2, 0.25) is 5.91 Å². The topological polar surface area (TPSA) is 20.3 Å². The van der Waals surface area contributed by atoms with Gasteiger partial charge in [0.05, 0.1) is 0 Å². The molecule has 1 aliphatic heterocycles. The Bertz CT molecular complexity index is 207. The number of nitrogens with zero attached hydrogens (tertiary/aromatic N) is 1. The summed E-state index contributed by atoms with van der Waals surface area (Å²) < 4.78 is 0. The number of hydrogen-bond acceptors (Lipinski definition) is 1. The summed E-state index contributed by atoms with van der Waals surface area (Å²) in [5, 5.41) is 0. The molecule has 1 aliphatic rings. The van der Waals surface area contributed by atoms with Crippen LogP contribution in [0.1, 0.15) is 53.9 Å². The van der Waals surface area contributed by atoms with Gasteiger partial charge < -0.3 is 4.90 Å². The van der Waals surface area contributed by atoms with Crippen molar-refractivity contribution in [2.45, 2.75) is 66.0 Å². The first-order valence-corrected chi connectivity index (χ1v) is 5.67. The molecule has 1 amide bonds. The van der Waals surface area contributed by atoms with Gasteiger partial charge in [-0.15, -0.1) is 0 Å². The molecule has 2 nitrogen and oxygen atoms in total. The van der Waals surface area contributed by atoms with Crippen molar-refractivity contribution in [2.75, 3.05) is 0 Å². The van der Waals surface area contributed by atoms with Crippen molar-refractivity contribution in [3.8, 4) is 0 Å². The smallest absolute Gasteiger partial charge is 0.228 e. The van der Waals surface area contributed by atoms with E-state index in [1.54, 1.807) is 0 Å². The van der Waals surface area contributed by atoms with E-state index in [1.165, 1.54) is 6.42 Å². The average Bonchev–Trinajstić information content (AvgIpc) is 2.01. The largest absolute Gasteiger partial charge is 0.337 e. The quantitative estimate of drug-likeness (QED) is 0.585. The lowest BCUT2D eigenvalue weighted by Crippen LogP contribution is -2.51. The van der Waals surface area contributed by atoms with Crippen molar-refractivity contribution in [1.29, 1.82) is 0 Å². The molecular formula is C12H23NO. The predicted molar refractivity (Wildman–Crippen MR) is 59.1 cm³/mol. The number of likely N-dealkylation sites (tertiary alicyclic amines) is 1. The molecule has 14 heavy (non-hydrogen) atoms. The molecule has 2 heteroatoms. The summed E-state index contributed by atoms with van der Waals surface area (Å²) in [4.78, 5) is 14.3. The highest BCUT2D eigenvalue weighted by atomic mass is 16.2. The molecule has 2 atom stereocenters. The highest BCUT2D eigenvalue weighted by Gasteiger charge is 2.34. The summed E-state index contributed by atoms with van der Waals surface area (Å²) in [5.41, 5.74) is -0.236. The molecule has 0 N–H and O–H groups in total. The minimum Gasteiger partial charge on any atom is -0.337 e. The van der Waals surface area contributed by atoms with E-state index in [0.29, 0.717) is 18.0 Å². The van der Waals surface area contributed by atoms with Gasteiger partial charge in [0.15, 0.2) is 0 Å². The van der Waals surface area contributed by atoms with Crippen LogP contribution in [0.5, 0.6) is 0 Å². The van der Waals surface area contributed by atoms with Crippen molar-refractivity contribution in [2.24, 2.45) is 5.41 Å². The Morgan fingerprint density at radius 3 is 1.93 bits per heavy atom. The maximum absolute atomic E-state index is 12.2. The van der Waals surface area contributed by atoms with Crippen LogP contribution in [0, 0.1) is 5.41 Å². The van der Waals surface area contributed by atoms with E-state index in [9.17, 15) is 4.79 Å². The number of amides is 1. The third kappa shape index (κ3) is 2.28. The molecule has 0 bridgehead atoms. The summed E-state index contributed by atoms with van der Waals surface area (Å²) in [6.45, 7) is 10.3. The summed E-state index contributed by atoms with van der Waals surface area (Å²) in [6.07, 6.45) is 3.58. The molecule has 82 valence electrons. The number of hydrogen-bond donors (Lipinski definition) is 0. The molecule has 1 fully saturated rings. The molecule has 1 rings (SSSR count). The summed E-state index contributed by atoms with van der Waals surface area (Å²) in [6, 6.07) is 0.843. The van der Waals surface area contributed by atoms with Crippen LogP contribution < -0.4 is 0 Å². The zero-order valence-corrected chi connectivity index (χ0v) is 10.1. The van der Waals surface area contributed by atoms with Crippen LogP contribution in [0.3, 0.4) is 0 Å². The Kier molecular flexibility index (Phi) is 3.23. The normalized spacial score (nSPS) is 29.1. The first-order valence-electron chi connectivity index (χ1n) is 5.67. The molecule has 0 aromatic heterocycles. The van der Waals surface area contributed by atoms with Gasteiger partial charge in [0.25, 0.3) is 0 Å². The van der Waals surface area contributed by atoms with E-state index >= 15 is 0 Å².